The van der Waals surface area contributed by atoms with Gasteiger partial charge in [0.1, 0.15) is 0 Å². The third kappa shape index (κ3) is 8.40. The molecule has 1 amide bonds. The van der Waals surface area contributed by atoms with Crippen molar-refractivity contribution in [3.05, 3.63) is 29.8 Å². The summed E-state index contributed by atoms with van der Waals surface area (Å²) in [6.07, 6.45) is 0.250. The van der Waals surface area contributed by atoms with Crippen LogP contribution >= 0.6 is 0 Å². The highest BCUT2D eigenvalue weighted by molar-refractivity contribution is 5.44. The topological polar surface area (TPSA) is 69.1 Å². The van der Waals surface area contributed by atoms with Crippen LogP contribution in [0.1, 0.15) is 19.4 Å². The second-order valence-electron chi connectivity index (χ2n) is 1.99. The predicted octanol–water partition coefficient (Wildman–Crippen LogP) is 1.70. The fraction of sp³-hybridized carbons (Fsp3) is 0.300. The van der Waals surface area contributed by atoms with Gasteiger partial charge in [0.2, 0.25) is 6.41 Å². The van der Waals surface area contributed by atoms with Gasteiger partial charge in [0.15, 0.2) is 0 Å². The number of primary amides is 1. The van der Waals surface area contributed by atoms with E-state index in [2.05, 4.69) is 5.73 Å². The summed E-state index contributed by atoms with van der Waals surface area (Å²) in [6.45, 7) is 6.00. The zero-order valence-corrected chi connectivity index (χ0v) is 8.45. The molecule has 1 aromatic carbocycles. The van der Waals surface area contributed by atoms with E-state index in [1.54, 1.807) is 0 Å². The van der Waals surface area contributed by atoms with Gasteiger partial charge in [0.25, 0.3) is 0 Å². The van der Waals surface area contributed by atoms with Crippen molar-refractivity contribution in [2.24, 2.45) is 5.73 Å². The van der Waals surface area contributed by atoms with Gasteiger partial charge in [-0.15, -0.1) is 0 Å². The lowest BCUT2D eigenvalue weighted by Crippen LogP contribution is -1.85. The van der Waals surface area contributed by atoms with Crippen molar-refractivity contribution in [3.8, 4) is 0 Å². The molecule has 0 saturated carbocycles. The summed E-state index contributed by atoms with van der Waals surface area (Å²) in [7, 11) is 0. The molecular formula is C10H18N2O. The number of benzene rings is 1. The van der Waals surface area contributed by atoms with E-state index in [-0.39, 0.29) is 6.41 Å². The molecule has 0 aliphatic rings. The zero-order chi connectivity index (χ0) is 10.7. The third-order valence-electron chi connectivity index (χ3n) is 1.19. The van der Waals surface area contributed by atoms with Crippen molar-refractivity contribution in [3.63, 3.8) is 0 Å². The van der Waals surface area contributed by atoms with Crippen LogP contribution in [0.3, 0.4) is 0 Å². The number of aryl methyl sites for hydroxylation is 1. The zero-order valence-electron chi connectivity index (χ0n) is 8.45. The first kappa shape index (κ1) is 14.0. The maximum absolute atomic E-state index is 8.58. The van der Waals surface area contributed by atoms with Crippen LogP contribution in [0.15, 0.2) is 24.3 Å². The lowest BCUT2D eigenvalue weighted by atomic mass is 10.2. The van der Waals surface area contributed by atoms with Crippen LogP contribution in [0, 0.1) is 6.92 Å². The maximum Gasteiger partial charge on any atom is 0.204 e. The lowest BCUT2D eigenvalue weighted by Gasteiger charge is -1.93. The van der Waals surface area contributed by atoms with Gasteiger partial charge in [-0.3, -0.25) is 4.79 Å². The Bertz CT molecular complexity index is 203. The van der Waals surface area contributed by atoms with Crippen LogP contribution in [0.25, 0.3) is 0 Å². The Balaban J connectivity index is 0. The number of nitrogen functional groups attached to an aromatic ring is 1. The van der Waals surface area contributed by atoms with Crippen LogP contribution in [0.5, 0.6) is 0 Å². The highest BCUT2D eigenvalue weighted by Crippen LogP contribution is 2.06. The van der Waals surface area contributed by atoms with E-state index >= 15 is 0 Å². The van der Waals surface area contributed by atoms with Crippen molar-refractivity contribution in [2.75, 3.05) is 5.73 Å². The van der Waals surface area contributed by atoms with Gasteiger partial charge in [0, 0.05) is 5.69 Å². The van der Waals surface area contributed by atoms with Crippen molar-refractivity contribution in [1.29, 1.82) is 0 Å². The molecule has 0 heterocycles. The first-order chi connectivity index (χ1) is 6.22. The molecule has 3 heteroatoms. The Hall–Kier alpha value is -1.51. The fourth-order valence-corrected chi connectivity index (χ4v) is 0.587. The van der Waals surface area contributed by atoms with E-state index in [4.69, 9.17) is 10.5 Å². The minimum atomic E-state index is 0.250. The smallest absolute Gasteiger partial charge is 0.204 e. The van der Waals surface area contributed by atoms with Gasteiger partial charge in [-0.2, -0.15) is 0 Å². The van der Waals surface area contributed by atoms with E-state index in [9.17, 15) is 0 Å². The van der Waals surface area contributed by atoms with Gasteiger partial charge >= 0.3 is 0 Å². The molecule has 0 bridgehead atoms. The van der Waals surface area contributed by atoms with Crippen LogP contribution in [-0.2, 0) is 4.79 Å². The second-order valence-corrected chi connectivity index (χ2v) is 1.99. The number of carbonyl (C=O) groups is 1. The maximum atomic E-state index is 8.58. The van der Waals surface area contributed by atoms with Crippen molar-refractivity contribution in [1.82, 2.24) is 0 Å². The van der Waals surface area contributed by atoms with Gasteiger partial charge < -0.3 is 11.5 Å². The quantitative estimate of drug-likeness (QED) is 0.473. The van der Waals surface area contributed by atoms with Gasteiger partial charge in [-0.1, -0.05) is 32.0 Å². The first-order valence-corrected chi connectivity index (χ1v) is 4.19. The molecule has 0 aliphatic carbocycles. The summed E-state index contributed by atoms with van der Waals surface area (Å²) < 4.78 is 0. The van der Waals surface area contributed by atoms with Gasteiger partial charge in [-0.25, -0.2) is 0 Å². The molecule has 0 radical (unpaired) electrons. The number of hydrogen-bond acceptors (Lipinski definition) is 2. The predicted molar refractivity (Wildman–Crippen MR) is 57.2 cm³/mol. The number of para-hydroxylation sites is 1. The van der Waals surface area contributed by atoms with E-state index in [0.717, 1.165) is 11.3 Å². The molecule has 1 rings (SSSR count). The highest BCUT2D eigenvalue weighted by atomic mass is 16.1. The van der Waals surface area contributed by atoms with E-state index in [1.165, 1.54) is 0 Å². The first-order valence-electron chi connectivity index (χ1n) is 4.19. The molecule has 0 atom stereocenters. The molecule has 4 N–H and O–H groups in total. The van der Waals surface area contributed by atoms with Gasteiger partial charge in [-0.05, 0) is 18.6 Å². The highest BCUT2D eigenvalue weighted by Gasteiger charge is 1.84. The Labute approximate surface area is 79.7 Å². The normalized spacial score (nSPS) is 7.00. The molecule has 3 nitrogen and oxygen atoms in total. The van der Waals surface area contributed by atoms with E-state index < -0.39 is 0 Å². The summed E-state index contributed by atoms with van der Waals surface area (Å²) in [6, 6.07) is 7.80. The third-order valence-corrected chi connectivity index (χ3v) is 1.19. The Morgan fingerprint density at radius 1 is 1.23 bits per heavy atom. The number of hydrogen-bond donors (Lipinski definition) is 2. The Morgan fingerprint density at radius 3 is 1.85 bits per heavy atom. The molecule has 0 aromatic heterocycles. The molecule has 1 aromatic rings. The van der Waals surface area contributed by atoms with Crippen LogP contribution < -0.4 is 11.5 Å². The summed E-state index contributed by atoms with van der Waals surface area (Å²) >= 11 is 0. The largest absolute Gasteiger partial charge is 0.399 e. The number of nitrogens with two attached hydrogens (primary N) is 2. The molecule has 74 valence electrons. The summed E-state index contributed by atoms with van der Waals surface area (Å²) in [5.41, 5.74) is 11.7. The van der Waals surface area contributed by atoms with Crippen LogP contribution in [0.2, 0.25) is 0 Å². The Morgan fingerprint density at radius 2 is 1.62 bits per heavy atom. The summed E-state index contributed by atoms with van der Waals surface area (Å²) in [5.74, 6) is 0. The van der Waals surface area contributed by atoms with Crippen molar-refractivity contribution < 1.29 is 4.79 Å². The molecule has 0 spiro atoms. The summed E-state index contributed by atoms with van der Waals surface area (Å²) in [4.78, 5) is 8.58. The fourth-order valence-electron chi connectivity index (χ4n) is 0.587. The lowest BCUT2D eigenvalue weighted by molar-refractivity contribution is -0.106. The van der Waals surface area contributed by atoms with Crippen molar-refractivity contribution >= 4 is 12.1 Å². The minimum absolute atomic E-state index is 0.250. The number of amides is 1. The van der Waals surface area contributed by atoms with Crippen molar-refractivity contribution in [2.45, 2.75) is 20.8 Å². The molecule has 0 aliphatic heterocycles. The average Bonchev–Trinajstić information content (AvgIpc) is 2.15. The molecule has 0 saturated heterocycles. The van der Waals surface area contributed by atoms with Crippen LogP contribution in [0.4, 0.5) is 5.69 Å². The Kier molecular flexibility index (Phi) is 11.3. The SMILES string of the molecule is CC.Cc1ccccc1N.NC=O. The standard InChI is InChI=1S/C7H9N.C2H6.CH3NO/c1-6-4-2-3-5-7(6)8;1-2;2-1-3/h2-5H,8H2,1H3;1-2H3;1H,(H2,2,3). The number of rotatable bonds is 0. The molecule has 13 heavy (non-hydrogen) atoms. The average molecular weight is 182 g/mol. The molecular weight excluding hydrogens is 164 g/mol. The summed E-state index contributed by atoms with van der Waals surface area (Å²) in [5, 5.41) is 0. The monoisotopic (exact) mass is 182 g/mol. The molecule has 0 unspecified atom stereocenters. The second kappa shape index (κ2) is 10.5. The number of anilines is 1. The molecule has 0 fully saturated rings. The van der Waals surface area contributed by atoms with Gasteiger partial charge in [0.05, 0.1) is 0 Å². The van der Waals surface area contributed by atoms with E-state index in [0.29, 0.717) is 0 Å². The minimum Gasteiger partial charge on any atom is -0.399 e. The number of carbonyl (C=O) groups excluding carboxylic acids is 1. The van der Waals surface area contributed by atoms with Crippen LogP contribution in [-0.4, -0.2) is 6.41 Å². The van der Waals surface area contributed by atoms with E-state index in [1.807, 2.05) is 45.0 Å².